The Morgan fingerprint density at radius 1 is 0.804 bits per heavy atom. The van der Waals surface area contributed by atoms with Crippen molar-refractivity contribution in [1.82, 2.24) is 10.2 Å². The highest BCUT2D eigenvalue weighted by Crippen LogP contribution is 2.29. The van der Waals surface area contributed by atoms with Crippen LogP contribution in [0.5, 0.6) is 0 Å². The van der Waals surface area contributed by atoms with Crippen molar-refractivity contribution in [1.29, 1.82) is 0 Å². The van der Waals surface area contributed by atoms with Crippen molar-refractivity contribution in [2.75, 3.05) is 17.4 Å². The van der Waals surface area contributed by atoms with Gasteiger partial charge in [-0.2, -0.15) is 0 Å². The van der Waals surface area contributed by atoms with Crippen LogP contribution < -0.4 is 9.62 Å². The Bertz CT molecular complexity index is 1740. The van der Waals surface area contributed by atoms with Gasteiger partial charge in [0.2, 0.25) is 11.8 Å². The van der Waals surface area contributed by atoms with Crippen LogP contribution in [-0.4, -0.2) is 44.3 Å². The van der Waals surface area contributed by atoms with Crippen LogP contribution in [0.4, 0.5) is 5.69 Å². The minimum absolute atomic E-state index is 0.0841. The molecular weight excluding hydrogens is 662 g/mol. The van der Waals surface area contributed by atoms with Crippen LogP contribution in [0.1, 0.15) is 41.7 Å². The summed E-state index contributed by atoms with van der Waals surface area (Å²) in [6.45, 7) is 9.75. The summed E-state index contributed by atoms with van der Waals surface area (Å²) in [6.07, 6.45) is 0.265. The maximum atomic E-state index is 14.6. The van der Waals surface area contributed by atoms with Crippen molar-refractivity contribution in [3.8, 4) is 0 Å². The molecule has 0 saturated carbocycles. The molecule has 1 atom stereocenters. The van der Waals surface area contributed by atoms with E-state index < -0.39 is 28.5 Å². The van der Waals surface area contributed by atoms with Gasteiger partial charge in [0.05, 0.1) is 10.6 Å². The molecule has 0 radical (unpaired) electrons. The standard InChI is InChI=1S/C37H42BrN3O4S/c1-26(2)23-39-37(43)35(22-30-9-7-6-8-10-30)40(24-31-14-16-32(38)17-15-31)36(42)25-41(34-20-13-28(4)21-29(34)5)46(44,45)33-18-11-27(3)12-19-33/h6-21,26,35H,22-25H2,1-5H3,(H,39,43). The minimum atomic E-state index is -4.16. The first-order valence-electron chi connectivity index (χ1n) is 15.4. The number of rotatable bonds is 13. The number of aryl methyl sites for hydroxylation is 3. The third kappa shape index (κ3) is 9.07. The molecule has 0 spiro atoms. The van der Waals surface area contributed by atoms with Crippen LogP contribution >= 0.6 is 15.9 Å². The molecule has 7 nitrogen and oxygen atoms in total. The molecule has 4 aromatic rings. The van der Waals surface area contributed by atoms with Gasteiger partial charge in [-0.25, -0.2) is 8.42 Å². The summed E-state index contributed by atoms with van der Waals surface area (Å²) in [7, 11) is -4.16. The zero-order chi connectivity index (χ0) is 33.4. The van der Waals surface area contributed by atoms with Gasteiger partial charge < -0.3 is 10.2 Å². The van der Waals surface area contributed by atoms with Crippen molar-refractivity contribution in [2.45, 2.75) is 58.5 Å². The van der Waals surface area contributed by atoms with Gasteiger partial charge in [-0.3, -0.25) is 13.9 Å². The monoisotopic (exact) mass is 703 g/mol. The Morgan fingerprint density at radius 2 is 1.43 bits per heavy atom. The van der Waals surface area contributed by atoms with Gasteiger partial charge in [-0.15, -0.1) is 0 Å². The van der Waals surface area contributed by atoms with Crippen LogP contribution in [0, 0.1) is 26.7 Å². The number of hydrogen-bond acceptors (Lipinski definition) is 4. The first-order valence-corrected chi connectivity index (χ1v) is 17.6. The summed E-state index contributed by atoms with van der Waals surface area (Å²) >= 11 is 3.47. The number of hydrogen-bond donors (Lipinski definition) is 1. The normalized spacial score (nSPS) is 12.1. The molecule has 0 fully saturated rings. The Morgan fingerprint density at radius 3 is 2.04 bits per heavy atom. The van der Waals surface area contributed by atoms with E-state index in [2.05, 4.69) is 21.2 Å². The second-order valence-corrected chi connectivity index (χ2v) is 14.9. The number of nitrogens with zero attached hydrogens (tertiary/aromatic N) is 2. The van der Waals surface area contributed by atoms with Gasteiger partial charge in [-0.05, 0) is 73.7 Å². The largest absolute Gasteiger partial charge is 0.354 e. The predicted molar refractivity (Wildman–Crippen MR) is 188 cm³/mol. The molecule has 0 aliphatic carbocycles. The van der Waals surface area contributed by atoms with E-state index in [-0.39, 0.29) is 29.7 Å². The maximum absolute atomic E-state index is 14.6. The number of carbonyl (C=O) groups is 2. The average Bonchev–Trinajstić information content (AvgIpc) is 3.02. The van der Waals surface area contributed by atoms with Gasteiger partial charge in [-0.1, -0.05) is 108 Å². The lowest BCUT2D eigenvalue weighted by atomic mass is 10.0. The quantitative estimate of drug-likeness (QED) is 0.163. The molecule has 46 heavy (non-hydrogen) atoms. The van der Waals surface area contributed by atoms with E-state index >= 15 is 0 Å². The molecule has 4 aromatic carbocycles. The molecule has 0 heterocycles. The van der Waals surface area contributed by atoms with E-state index in [1.807, 2.05) is 101 Å². The van der Waals surface area contributed by atoms with E-state index in [9.17, 15) is 18.0 Å². The van der Waals surface area contributed by atoms with Gasteiger partial charge in [0.25, 0.3) is 10.0 Å². The van der Waals surface area contributed by atoms with Crippen LogP contribution in [0.3, 0.4) is 0 Å². The van der Waals surface area contributed by atoms with Crippen molar-refractivity contribution in [3.63, 3.8) is 0 Å². The molecule has 0 bridgehead atoms. The summed E-state index contributed by atoms with van der Waals surface area (Å²) in [4.78, 5) is 30.1. The van der Waals surface area contributed by atoms with E-state index in [4.69, 9.17) is 0 Å². The highest BCUT2D eigenvalue weighted by molar-refractivity contribution is 9.10. The summed E-state index contributed by atoms with van der Waals surface area (Å²) in [5.74, 6) is -0.571. The molecule has 0 aromatic heterocycles. The predicted octanol–water partition coefficient (Wildman–Crippen LogP) is 6.98. The van der Waals surface area contributed by atoms with E-state index in [1.54, 1.807) is 30.3 Å². The molecule has 9 heteroatoms. The number of carbonyl (C=O) groups excluding carboxylic acids is 2. The second kappa shape index (κ2) is 15.6. The lowest BCUT2D eigenvalue weighted by Gasteiger charge is -2.34. The lowest BCUT2D eigenvalue weighted by Crippen LogP contribution is -2.53. The van der Waals surface area contributed by atoms with Crippen LogP contribution in [0.15, 0.2) is 106 Å². The molecule has 1 N–H and O–H groups in total. The van der Waals surface area contributed by atoms with E-state index in [0.717, 1.165) is 32.3 Å². The summed E-state index contributed by atoms with van der Waals surface area (Å²) in [5, 5.41) is 3.02. The Balaban J connectivity index is 1.82. The van der Waals surface area contributed by atoms with Gasteiger partial charge >= 0.3 is 0 Å². The first-order chi connectivity index (χ1) is 21.8. The Labute approximate surface area is 281 Å². The fraction of sp³-hybridized carbons (Fsp3) is 0.297. The number of nitrogens with one attached hydrogen (secondary N) is 1. The fourth-order valence-electron chi connectivity index (χ4n) is 5.20. The van der Waals surface area contributed by atoms with E-state index in [0.29, 0.717) is 12.2 Å². The molecule has 0 saturated heterocycles. The molecule has 0 aliphatic rings. The zero-order valence-electron chi connectivity index (χ0n) is 27.0. The van der Waals surface area contributed by atoms with Gasteiger partial charge in [0, 0.05) is 24.0 Å². The molecule has 0 aliphatic heterocycles. The topological polar surface area (TPSA) is 86.8 Å². The smallest absolute Gasteiger partial charge is 0.264 e. The first kappa shape index (κ1) is 34.9. The number of amides is 2. The van der Waals surface area contributed by atoms with Crippen molar-refractivity contribution in [3.05, 3.63) is 129 Å². The summed E-state index contributed by atoms with van der Waals surface area (Å²) < 4.78 is 30.6. The SMILES string of the molecule is Cc1ccc(S(=O)(=O)N(CC(=O)N(Cc2ccc(Br)cc2)C(Cc2ccccc2)C(=O)NCC(C)C)c2ccc(C)cc2C)cc1. The van der Waals surface area contributed by atoms with Gasteiger partial charge in [0.1, 0.15) is 12.6 Å². The number of anilines is 1. The third-order valence-corrected chi connectivity index (χ3v) is 10.0. The minimum Gasteiger partial charge on any atom is -0.354 e. The zero-order valence-corrected chi connectivity index (χ0v) is 29.4. The lowest BCUT2D eigenvalue weighted by molar-refractivity contribution is -0.140. The molecule has 4 rings (SSSR count). The number of halogens is 1. The molecule has 2 amide bonds. The van der Waals surface area contributed by atoms with Crippen LogP contribution in [0.2, 0.25) is 0 Å². The number of benzene rings is 4. The van der Waals surface area contributed by atoms with Crippen molar-refractivity contribution < 1.29 is 18.0 Å². The molecular formula is C37H42BrN3O4S. The van der Waals surface area contributed by atoms with Crippen LogP contribution in [-0.2, 0) is 32.6 Å². The van der Waals surface area contributed by atoms with Crippen LogP contribution in [0.25, 0.3) is 0 Å². The summed E-state index contributed by atoms with van der Waals surface area (Å²) in [6, 6.07) is 28.3. The van der Waals surface area contributed by atoms with E-state index in [1.165, 1.54) is 9.21 Å². The Kier molecular flexibility index (Phi) is 11.8. The Hall–Kier alpha value is -3.95. The molecule has 1 unspecified atom stereocenters. The van der Waals surface area contributed by atoms with Gasteiger partial charge in [0.15, 0.2) is 0 Å². The fourth-order valence-corrected chi connectivity index (χ4v) is 6.94. The maximum Gasteiger partial charge on any atom is 0.264 e. The highest BCUT2D eigenvalue weighted by Gasteiger charge is 2.35. The third-order valence-electron chi connectivity index (χ3n) is 7.73. The summed E-state index contributed by atoms with van der Waals surface area (Å²) in [5.41, 5.74) is 4.72. The highest BCUT2D eigenvalue weighted by atomic mass is 79.9. The van der Waals surface area contributed by atoms with Crippen molar-refractivity contribution in [2.24, 2.45) is 5.92 Å². The molecule has 242 valence electrons. The number of sulfonamides is 1. The van der Waals surface area contributed by atoms with Crippen molar-refractivity contribution >= 4 is 43.5 Å². The second-order valence-electron chi connectivity index (χ2n) is 12.1. The average molecular weight is 705 g/mol.